The third-order valence-corrected chi connectivity index (χ3v) is 7.99. The third kappa shape index (κ3) is 3.40. The minimum atomic E-state index is -0.0717. The van der Waals surface area contributed by atoms with Crippen LogP contribution in [-0.4, -0.2) is 0 Å². The lowest BCUT2D eigenvalue weighted by Gasteiger charge is -2.42. The van der Waals surface area contributed by atoms with E-state index in [1.165, 1.54) is 50.4 Å². The molecule has 36 heavy (non-hydrogen) atoms. The van der Waals surface area contributed by atoms with Crippen LogP contribution in [0.25, 0.3) is 0 Å². The van der Waals surface area contributed by atoms with Crippen LogP contribution in [0.1, 0.15) is 58.4 Å². The van der Waals surface area contributed by atoms with Gasteiger partial charge < -0.3 is 4.90 Å². The Bertz CT molecular complexity index is 1550. The van der Waals surface area contributed by atoms with Crippen LogP contribution in [0.2, 0.25) is 0 Å². The predicted octanol–water partition coefficient (Wildman–Crippen LogP) is 7.42. The molecule has 1 aliphatic heterocycles. The minimum Gasteiger partial charge on any atom is -0.310 e. The SMILES string of the molecule is CC1(C)c2ccccc2N(c2ccc3c(c2)CCc2cc(C#N)c(C#N)cc2CC3)c2ccccc21. The summed E-state index contributed by atoms with van der Waals surface area (Å²) in [6.07, 6.45) is 3.59. The maximum Gasteiger partial charge on any atom is 0.101 e. The smallest absolute Gasteiger partial charge is 0.101 e. The van der Waals surface area contributed by atoms with Gasteiger partial charge >= 0.3 is 0 Å². The van der Waals surface area contributed by atoms with Gasteiger partial charge in [-0.25, -0.2) is 0 Å². The van der Waals surface area contributed by atoms with E-state index < -0.39 is 0 Å². The van der Waals surface area contributed by atoms with Crippen LogP contribution in [0.5, 0.6) is 0 Å². The van der Waals surface area contributed by atoms with Gasteiger partial charge in [0.05, 0.1) is 22.5 Å². The predicted molar refractivity (Wildman–Crippen MR) is 144 cm³/mol. The summed E-state index contributed by atoms with van der Waals surface area (Å²) in [6, 6.07) is 32.7. The Morgan fingerprint density at radius 3 is 1.61 bits per heavy atom. The summed E-state index contributed by atoms with van der Waals surface area (Å²) in [6.45, 7) is 4.63. The van der Waals surface area contributed by atoms with E-state index in [0.29, 0.717) is 11.1 Å². The van der Waals surface area contributed by atoms with E-state index in [9.17, 15) is 10.5 Å². The average Bonchev–Trinajstić information content (AvgIpc) is 2.90. The van der Waals surface area contributed by atoms with E-state index in [4.69, 9.17) is 0 Å². The standard InChI is InChI=1S/C33H27N3/c1-33(2)29-7-3-5-9-31(29)36(32-10-6-4-8-30(32)33)28-16-15-22-11-12-23-17-26(20-34)27(21-35)18-24(23)13-14-25(22)19-28/h3-10,15-19H,11-14H2,1-2H3. The summed E-state index contributed by atoms with van der Waals surface area (Å²) >= 11 is 0. The fourth-order valence-corrected chi connectivity index (χ4v) is 6.05. The summed E-state index contributed by atoms with van der Waals surface area (Å²) in [7, 11) is 0. The topological polar surface area (TPSA) is 50.8 Å². The largest absolute Gasteiger partial charge is 0.310 e. The molecular formula is C33H27N3. The molecule has 3 nitrogen and oxygen atoms in total. The summed E-state index contributed by atoms with van der Waals surface area (Å²) in [5.41, 5.74) is 12.3. The second-order valence-electron chi connectivity index (χ2n) is 10.3. The molecule has 0 aromatic heterocycles. The zero-order valence-electron chi connectivity index (χ0n) is 20.7. The number of hydrogen-bond donors (Lipinski definition) is 0. The van der Waals surface area contributed by atoms with E-state index in [1.807, 2.05) is 12.1 Å². The quantitative estimate of drug-likeness (QED) is 0.294. The number of benzene rings is 4. The second-order valence-corrected chi connectivity index (χ2v) is 10.3. The van der Waals surface area contributed by atoms with Gasteiger partial charge in [-0.3, -0.25) is 0 Å². The number of rotatable bonds is 1. The number of nitriles is 2. The van der Waals surface area contributed by atoms with Crippen LogP contribution in [0, 0.1) is 22.7 Å². The number of nitrogens with zero attached hydrogens (tertiary/aromatic N) is 3. The zero-order chi connectivity index (χ0) is 24.9. The first kappa shape index (κ1) is 22.1. The summed E-state index contributed by atoms with van der Waals surface area (Å²) in [4.78, 5) is 2.41. The lowest BCUT2D eigenvalue weighted by atomic mass is 9.73. The van der Waals surface area contributed by atoms with Crippen molar-refractivity contribution < 1.29 is 0 Å². The van der Waals surface area contributed by atoms with Crippen molar-refractivity contribution >= 4 is 17.1 Å². The van der Waals surface area contributed by atoms with Crippen molar-refractivity contribution in [3.63, 3.8) is 0 Å². The molecule has 0 saturated carbocycles. The first-order chi connectivity index (χ1) is 17.5. The Hall–Kier alpha value is -4.34. The molecule has 0 bridgehead atoms. The molecule has 3 heteroatoms. The molecule has 4 aromatic carbocycles. The molecule has 0 fully saturated rings. The highest BCUT2D eigenvalue weighted by molar-refractivity contribution is 5.86. The molecule has 0 N–H and O–H groups in total. The minimum absolute atomic E-state index is 0.0717. The van der Waals surface area contributed by atoms with Crippen LogP contribution < -0.4 is 4.90 Å². The lowest BCUT2D eigenvalue weighted by Crippen LogP contribution is -2.30. The van der Waals surface area contributed by atoms with Crippen molar-refractivity contribution in [1.82, 2.24) is 0 Å². The molecule has 2 aliphatic rings. The Balaban J connectivity index is 1.43. The summed E-state index contributed by atoms with van der Waals surface area (Å²) in [5.74, 6) is 0. The second kappa shape index (κ2) is 8.40. The van der Waals surface area contributed by atoms with E-state index in [-0.39, 0.29) is 5.41 Å². The van der Waals surface area contributed by atoms with E-state index in [0.717, 1.165) is 25.7 Å². The number of anilines is 3. The van der Waals surface area contributed by atoms with E-state index >= 15 is 0 Å². The highest BCUT2D eigenvalue weighted by atomic mass is 15.2. The van der Waals surface area contributed by atoms with Gasteiger partial charge in [0.25, 0.3) is 0 Å². The van der Waals surface area contributed by atoms with E-state index in [1.54, 1.807) is 0 Å². The summed E-state index contributed by atoms with van der Waals surface area (Å²) < 4.78 is 0. The van der Waals surface area contributed by atoms with Gasteiger partial charge in [0.2, 0.25) is 0 Å². The van der Waals surface area contributed by atoms with Crippen LogP contribution >= 0.6 is 0 Å². The van der Waals surface area contributed by atoms with Crippen molar-refractivity contribution in [1.29, 1.82) is 10.5 Å². The van der Waals surface area contributed by atoms with Crippen LogP contribution in [0.15, 0.2) is 78.9 Å². The van der Waals surface area contributed by atoms with Gasteiger partial charge in [0.15, 0.2) is 0 Å². The molecule has 6 rings (SSSR count). The van der Waals surface area contributed by atoms with Gasteiger partial charge in [0.1, 0.15) is 12.1 Å². The van der Waals surface area contributed by atoms with Crippen molar-refractivity contribution in [2.24, 2.45) is 0 Å². The molecule has 0 amide bonds. The maximum absolute atomic E-state index is 9.51. The van der Waals surface area contributed by atoms with Gasteiger partial charge in [-0.1, -0.05) is 56.3 Å². The van der Waals surface area contributed by atoms with Crippen LogP contribution in [0.3, 0.4) is 0 Å². The van der Waals surface area contributed by atoms with E-state index in [2.05, 4.69) is 97.6 Å². The molecule has 174 valence electrons. The molecule has 1 aliphatic carbocycles. The molecule has 0 unspecified atom stereocenters. The molecule has 0 atom stereocenters. The molecule has 4 aromatic rings. The molecule has 0 radical (unpaired) electrons. The van der Waals surface area contributed by atoms with Crippen LogP contribution in [0.4, 0.5) is 17.1 Å². The molecule has 1 heterocycles. The molecule has 0 spiro atoms. The van der Waals surface area contributed by atoms with Gasteiger partial charge in [-0.15, -0.1) is 0 Å². The lowest BCUT2D eigenvalue weighted by molar-refractivity contribution is 0.632. The van der Waals surface area contributed by atoms with Crippen molar-refractivity contribution in [3.05, 3.63) is 123 Å². The highest BCUT2D eigenvalue weighted by Crippen LogP contribution is 2.51. The van der Waals surface area contributed by atoms with Gasteiger partial charge in [-0.2, -0.15) is 10.5 Å². The first-order valence-electron chi connectivity index (χ1n) is 12.6. The average molecular weight is 466 g/mol. The fraction of sp³-hybridized carbons (Fsp3) is 0.212. The highest BCUT2D eigenvalue weighted by Gasteiger charge is 2.36. The monoisotopic (exact) mass is 465 g/mol. The third-order valence-electron chi connectivity index (χ3n) is 7.99. The number of para-hydroxylation sites is 2. The fourth-order valence-electron chi connectivity index (χ4n) is 6.05. The maximum atomic E-state index is 9.51. The van der Waals surface area contributed by atoms with Crippen molar-refractivity contribution in [2.75, 3.05) is 4.90 Å². The van der Waals surface area contributed by atoms with Gasteiger partial charge in [-0.05, 0) is 95.5 Å². The molecular weight excluding hydrogens is 438 g/mol. The Morgan fingerprint density at radius 2 is 1.08 bits per heavy atom. The van der Waals surface area contributed by atoms with Crippen molar-refractivity contribution in [2.45, 2.75) is 44.9 Å². The Morgan fingerprint density at radius 1 is 0.611 bits per heavy atom. The normalized spacial score (nSPS) is 15.2. The Kier molecular flexibility index (Phi) is 5.17. The Labute approximate surface area is 212 Å². The van der Waals surface area contributed by atoms with Gasteiger partial charge in [0, 0.05) is 11.1 Å². The molecule has 0 saturated heterocycles. The van der Waals surface area contributed by atoms with Crippen LogP contribution in [-0.2, 0) is 31.1 Å². The zero-order valence-corrected chi connectivity index (χ0v) is 20.7. The summed E-state index contributed by atoms with van der Waals surface area (Å²) in [5, 5.41) is 19.0. The van der Waals surface area contributed by atoms with Crippen molar-refractivity contribution in [3.8, 4) is 12.1 Å². The number of hydrogen-bond acceptors (Lipinski definition) is 3. The first-order valence-corrected chi connectivity index (χ1v) is 12.6. The number of fused-ring (bicyclic) bond motifs is 4. The number of aryl methyl sites for hydroxylation is 4.